The second-order valence-electron chi connectivity index (χ2n) is 30.4. The smallest absolute Gasteiger partial charge is 0.342 e. The average Bonchev–Trinajstić information content (AvgIpc) is 0.807. The predicted molar refractivity (Wildman–Crippen MR) is 487 cm³/mol. The number of phenols is 8. The van der Waals surface area contributed by atoms with Gasteiger partial charge in [-0.05, 0) is 196 Å². The van der Waals surface area contributed by atoms with Gasteiger partial charge in [-0.15, -0.1) is 0 Å². The van der Waals surface area contributed by atoms with Gasteiger partial charge in [-0.1, -0.05) is 134 Å². The van der Waals surface area contributed by atoms with Crippen LogP contribution in [0.2, 0.25) is 20.1 Å². The van der Waals surface area contributed by atoms with Crippen LogP contribution in [0.1, 0.15) is 225 Å². The highest BCUT2D eigenvalue weighted by Gasteiger charge is 2.31. The van der Waals surface area contributed by atoms with E-state index in [0.29, 0.717) is 74.6 Å². The first-order valence-corrected chi connectivity index (χ1v) is 44.6. The molecule has 0 radical (unpaired) electrons. The number of esters is 4. The van der Waals surface area contributed by atoms with Crippen LogP contribution in [0.3, 0.4) is 0 Å². The molecule has 7 heterocycles. The minimum atomic E-state index is -0.753. The molecule has 7 aliphatic rings. The molecule has 0 unspecified atom stereocenters. The first-order valence-electron chi connectivity index (χ1n) is 43.1. The average molecular weight is 1870 g/mol. The molecule has 9 N–H and O–H groups in total. The minimum absolute atomic E-state index is 0.0184. The van der Waals surface area contributed by atoms with Gasteiger partial charge in [0.15, 0.2) is 19.8 Å². The standard InChI is InChI=1S/C25H31ClN2O6.C24H31ClN2O6.C24H29ClN2O6.C19H22ClNO5.CHNO/c1-17-10-6-3-2-4-7-11-18(27-33-16-22(31)28-12-8-5-9-13-28)14-19-23(25(32)34-17)20(29)15-21(30)24(19)26;2*25-23-18-14-17(26-33-16-21(30)27-11-7-5-8-12-27)10-6-3-1-2-4-9-13-32-24(31)22(18)19(28)15-20(23)29;1-2-26-21-13-9-7-5-3-4-6-8-10-25-19(24)17-14(11-13)18(20)16(23)12-15(17)22;2-1-3/h3,6-7,11,15,17,29-30H,2,4-5,8-10,12-14,16H2,1H3;2,4,15,28-29H,1,3,5-14,16H2;2,4,6,10,15,28-29H,1,3,5,7-9,11-14,16H2;4,6-7,9,12,22-23H,2-3,5,8,10-11H2,1H3;2H/b6-3+,11-7+,27-18-;4-2+,26-17-;4-2-,10-6+,26-17?;6-4+,9-7+,21-13-;/t17-;;;;/m1..../s1. The van der Waals surface area contributed by atoms with Crippen molar-refractivity contribution in [3.05, 3.63) is 174 Å². The number of piperidine rings is 3. The number of isocyanates is 1. The summed E-state index contributed by atoms with van der Waals surface area (Å²) in [6, 6.07) is 4.07. The Balaban J connectivity index is 0.000000234. The number of hydrogen-bond acceptors (Lipinski definition) is 29. The van der Waals surface area contributed by atoms with Crippen molar-refractivity contribution in [2.45, 2.75) is 193 Å². The van der Waals surface area contributed by atoms with Crippen molar-refractivity contribution in [3.63, 3.8) is 0 Å². The Hall–Kier alpha value is -11.8. The summed E-state index contributed by atoms with van der Waals surface area (Å²) < 4.78 is 21.3. The third-order valence-electron chi connectivity index (χ3n) is 20.6. The number of likely N-dealkylation sites (tertiary alicyclic amines) is 3. The van der Waals surface area contributed by atoms with Crippen LogP contribution in [0, 0.1) is 5.41 Å². The summed E-state index contributed by atoms with van der Waals surface area (Å²) in [5.41, 5.74) is 2.16. The molecule has 11 rings (SSSR count). The Morgan fingerprint density at radius 3 is 1.04 bits per heavy atom. The Morgan fingerprint density at radius 1 is 0.395 bits per heavy atom. The zero-order valence-electron chi connectivity index (χ0n) is 72.5. The quantitative estimate of drug-likeness (QED) is 0.0168. The van der Waals surface area contributed by atoms with E-state index in [1.165, 1.54) is 0 Å². The number of benzene rings is 4. The Labute approximate surface area is 769 Å². The fraction of sp³-hybridized carbons (Fsp3) is 0.462. The molecule has 129 heavy (non-hydrogen) atoms. The summed E-state index contributed by atoms with van der Waals surface area (Å²) in [7, 11) is 0. The summed E-state index contributed by atoms with van der Waals surface area (Å²) in [4.78, 5) is 123. The van der Waals surface area contributed by atoms with Crippen LogP contribution >= 0.6 is 46.4 Å². The van der Waals surface area contributed by atoms with Crippen LogP contribution < -0.4 is 0 Å². The molecule has 3 amide bonds. The third kappa shape index (κ3) is 34.9. The van der Waals surface area contributed by atoms with E-state index in [2.05, 4.69) is 20.6 Å². The Morgan fingerprint density at radius 2 is 0.690 bits per heavy atom. The largest absolute Gasteiger partial charge is 0.507 e. The van der Waals surface area contributed by atoms with Crippen molar-refractivity contribution in [3.8, 4) is 46.0 Å². The molecular weight excluding hydrogens is 1750 g/mol. The predicted octanol–water partition coefficient (Wildman–Crippen LogP) is 17.0. The maximum absolute atomic E-state index is 12.9. The van der Waals surface area contributed by atoms with Gasteiger partial charge in [-0.25, -0.2) is 29.4 Å². The van der Waals surface area contributed by atoms with E-state index >= 15 is 0 Å². The Bertz CT molecular complexity index is 4860. The van der Waals surface area contributed by atoms with Gasteiger partial charge in [0.2, 0.25) is 6.08 Å². The number of nitrogens with one attached hydrogen (secondary N) is 1. The third-order valence-corrected chi connectivity index (χ3v) is 22.3. The molecule has 3 saturated heterocycles. The molecular formula is C93H114Cl4N8O24. The lowest BCUT2D eigenvalue weighted by molar-refractivity contribution is -0.137. The summed E-state index contributed by atoms with van der Waals surface area (Å²) in [5.74, 6) is -6.40. The van der Waals surface area contributed by atoms with Gasteiger partial charge in [0, 0.05) is 95.6 Å². The number of hydrogen-bond donors (Lipinski definition) is 9. The summed E-state index contributed by atoms with van der Waals surface area (Å²) in [6.07, 6.45) is 46.6. The van der Waals surface area contributed by atoms with Gasteiger partial charge in [0.1, 0.15) is 81.0 Å². The van der Waals surface area contributed by atoms with Gasteiger partial charge < -0.3 is 93.8 Å². The number of fused-ring (bicyclic) bond motifs is 4. The molecule has 698 valence electrons. The van der Waals surface area contributed by atoms with E-state index < -0.39 is 53.0 Å². The van der Waals surface area contributed by atoms with Crippen molar-refractivity contribution < 1.29 is 118 Å². The van der Waals surface area contributed by atoms with E-state index in [1.54, 1.807) is 46.8 Å². The maximum Gasteiger partial charge on any atom is 0.342 e. The van der Waals surface area contributed by atoms with Crippen LogP contribution in [0.4, 0.5) is 0 Å². The molecule has 36 heteroatoms. The van der Waals surface area contributed by atoms with E-state index in [0.717, 1.165) is 172 Å². The maximum atomic E-state index is 12.9. The highest BCUT2D eigenvalue weighted by atomic mass is 35.5. The van der Waals surface area contributed by atoms with Crippen LogP contribution in [-0.4, -0.2) is 218 Å². The van der Waals surface area contributed by atoms with E-state index in [9.17, 15) is 74.4 Å². The molecule has 1 atom stereocenters. The van der Waals surface area contributed by atoms with E-state index in [1.807, 2.05) is 66.8 Å². The number of nitrogens with zero attached hydrogens (tertiary/aromatic N) is 7. The number of oxime groups is 4. The number of halogens is 4. The second-order valence-corrected chi connectivity index (χ2v) is 31.9. The van der Waals surface area contributed by atoms with Crippen molar-refractivity contribution in [2.24, 2.45) is 20.6 Å². The van der Waals surface area contributed by atoms with Crippen LogP contribution in [0.25, 0.3) is 0 Å². The van der Waals surface area contributed by atoms with Gasteiger partial charge >= 0.3 is 23.9 Å². The molecule has 4 aromatic carbocycles. The van der Waals surface area contributed by atoms with Crippen molar-refractivity contribution in [1.82, 2.24) is 14.7 Å². The van der Waals surface area contributed by atoms with Crippen LogP contribution in [-0.2, 0) is 83.2 Å². The molecule has 0 spiro atoms. The summed E-state index contributed by atoms with van der Waals surface area (Å²) >= 11 is 25.1. The van der Waals surface area contributed by atoms with Crippen LogP contribution in [0.5, 0.6) is 46.0 Å². The minimum Gasteiger partial charge on any atom is -0.507 e. The molecule has 4 aromatic rings. The number of allylic oxidation sites excluding steroid dienone is 10. The molecule has 0 aliphatic carbocycles. The first-order chi connectivity index (χ1) is 62.3. The molecule has 3 fully saturated rings. The van der Waals surface area contributed by atoms with Gasteiger partial charge in [-0.3, -0.25) is 14.4 Å². The zero-order valence-corrected chi connectivity index (χ0v) is 75.5. The molecule has 32 nitrogen and oxygen atoms in total. The van der Waals surface area contributed by atoms with Crippen LogP contribution in [0.15, 0.2) is 130 Å². The lowest BCUT2D eigenvalue weighted by Crippen LogP contribution is -2.37. The van der Waals surface area contributed by atoms with Gasteiger partial charge in [0.05, 0.1) is 62.8 Å². The molecule has 0 saturated carbocycles. The lowest BCUT2D eigenvalue weighted by atomic mass is 9.97. The highest BCUT2D eigenvalue weighted by Crippen LogP contribution is 2.42. The molecule has 0 aromatic heterocycles. The highest BCUT2D eigenvalue weighted by molar-refractivity contribution is 6.35. The number of cyclic esters (lactones) is 4. The molecule has 0 bridgehead atoms. The summed E-state index contributed by atoms with van der Waals surface area (Å²) in [5, 5.41) is 103. The van der Waals surface area contributed by atoms with E-state index in [4.69, 9.17) is 94.9 Å². The van der Waals surface area contributed by atoms with E-state index in [-0.39, 0.29) is 171 Å². The SMILES string of the molecule is CCO/N=C1/C=C/CC/C=C/CCOC(=O)c2c(O)cc(O)c(Cl)c2C1.C[C@@H]1C/C=C/CC/C=C/C(=N/OCC(=O)N2CCCCC2)Cc2c(Cl)c(O)cc(O)c2C(=O)O1.N=C=O.O=C1OCC/C=C/CCCC/C(=N/OCC(=O)N2CCCCC2)Cc2c(Cl)c(O)cc(O)c21.O=C1OCC/C=C\CC/C=C/C(=NOCC(=O)N2CCCCC2)Cc2c(Cl)c(O)cc(O)c21. The van der Waals surface area contributed by atoms with Crippen molar-refractivity contribution in [1.29, 1.82) is 5.41 Å². The fourth-order valence-corrected chi connectivity index (χ4v) is 14.9. The normalized spacial score (nSPS) is 20.7. The monoisotopic (exact) mass is 1870 g/mol. The number of carbonyl (C=O) groups excluding carboxylic acids is 8. The molecule has 7 aliphatic heterocycles. The number of phenolic OH excluding ortho intramolecular Hbond substituents is 8. The fourth-order valence-electron chi connectivity index (χ4n) is 14.1. The van der Waals surface area contributed by atoms with Crippen molar-refractivity contribution >= 4 is 117 Å². The van der Waals surface area contributed by atoms with Crippen molar-refractivity contribution in [2.75, 3.05) is 85.5 Å². The van der Waals surface area contributed by atoms with Gasteiger partial charge in [0.25, 0.3) is 17.7 Å². The van der Waals surface area contributed by atoms with Gasteiger partial charge in [-0.2, -0.15) is 0 Å². The lowest BCUT2D eigenvalue weighted by Gasteiger charge is -2.26. The topological polar surface area (TPSA) is 455 Å². The zero-order chi connectivity index (χ0) is 93.4. The number of rotatable bonds is 11. The Kier molecular flexibility index (Phi) is 46.2. The first kappa shape index (κ1) is 104. The number of carbonyl (C=O) groups is 7. The summed E-state index contributed by atoms with van der Waals surface area (Å²) in [6.45, 7) is 8.20. The number of amides is 3. The number of ether oxygens (including phenoxy) is 4. The number of aromatic hydroxyl groups is 8. The second kappa shape index (κ2) is 57.2.